The Labute approximate surface area is 164 Å². The van der Waals surface area contributed by atoms with Gasteiger partial charge in [-0.2, -0.15) is 5.10 Å². The van der Waals surface area contributed by atoms with Crippen LogP contribution in [0, 0.1) is 0 Å². The maximum Gasteiger partial charge on any atom is 0.191 e. The summed E-state index contributed by atoms with van der Waals surface area (Å²) >= 11 is 1.84. The van der Waals surface area contributed by atoms with Crippen molar-refractivity contribution in [1.82, 2.24) is 20.4 Å². The molecular weight excluding hydrogens is 354 g/mol. The predicted octanol–water partition coefficient (Wildman–Crippen LogP) is 3.37. The largest absolute Gasteiger partial charge is 0.356 e. The van der Waals surface area contributed by atoms with Gasteiger partial charge >= 0.3 is 0 Å². The minimum Gasteiger partial charge on any atom is -0.356 e. The van der Waals surface area contributed by atoms with Gasteiger partial charge in [-0.1, -0.05) is 36.4 Å². The number of aromatic nitrogens is 2. The molecule has 3 aromatic rings. The first-order valence-corrected chi connectivity index (χ1v) is 10.0. The fourth-order valence-corrected chi connectivity index (χ4v) is 3.40. The van der Waals surface area contributed by atoms with Crippen LogP contribution in [0.3, 0.4) is 0 Å². The molecule has 5 nitrogen and oxygen atoms in total. The van der Waals surface area contributed by atoms with Gasteiger partial charge in [0, 0.05) is 37.0 Å². The maximum atomic E-state index is 4.43. The summed E-state index contributed by atoms with van der Waals surface area (Å²) < 4.78 is 1.91. The molecule has 140 valence electrons. The summed E-state index contributed by atoms with van der Waals surface area (Å²) in [4.78, 5) is 5.57. The van der Waals surface area contributed by atoms with E-state index >= 15 is 0 Å². The molecule has 0 aliphatic heterocycles. The van der Waals surface area contributed by atoms with Crippen molar-refractivity contribution in [3.63, 3.8) is 0 Å². The molecule has 0 saturated carbocycles. The van der Waals surface area contributed by atoms with Crippen LogP contribution in [-0.4, -0.2) is 41.6 Å². The SMILES string of the molecule is CN=C(NCCSc1ccccc1)NCCc1cnn(-c2ccccc2)c1. The average molecular weight is 380 g/mol. The van der Waals surface area contributed by atoms with Gasteiger partial charge in [-0.15, -0.1) is 11.8 Å². The summed E-state index contributed by atoms with van der Waals surface area (Å²) in [6.45, 7) is 1.68. The molecule has 1 aromatic heterocycles. The second kappa shape index (κ2) is 10.4. The Morgan fingerprint density at radius 3 is 2.44 bits per heavy atom. The molecule has 27 heavy (non-hydrogen) atoms. The van der Waals surface area contributed by atoms with Crippen molar-refractivity contribution in [3.8, 4) is 5.69 Å². The number of hydrogen-bond donors (Lipinski definition) is 2. The molecule has 0 aliphatic rings. The summed E-state index contributed by atoms with van der Waals surface area (Å²) in [6, 6.07) is 20.6. The van der Waals surface area contributed by atoms with Gasteiger partial charge in [0.05, 0.1) is 11.9 Å². The van der Waals surface area contributed by atoms with Gasteiger partial charge in [0.25, 0.3) is 0 Å². The standard InChI is InChI=1S/C21H25N5S/c1-22-21(24-14-15-27-20-10-6-3-7-11-20)23-13-12-18-16-25-26(17-18)19-8-4-2-5-9-19/h2-11,16-17H,12-15H2,1H3,(H2,22,23,24). The zero-order chi connectivity index (χ0) is 18.7. The number of nitrogens with zero attached hydrogens (tertiary/aromatic N) is 3. The lowest BCUT2D eigenvalue weighted by Crippen LogP contribution is -2.39. The number of guanidine groups is 1. The summed E-state index contributed by atoms with van der Waals surface area (Å²) in [6.07, 6.45) is 4.89. The third-order valence-electron chi connectivity index (χ3n) is 3.99. The van der Waals surface area contributed by atoms with Crippen LogP contribution in [-0.2, 0) is 6.42 Å². The van der Waals surface area contributed by atoms with E-state index in [2.05, 4.69) is 51.2 Å². The van der Waals surface area contributed by atoms with Crippen LogP contribution < -0.4 is 10.6 Å². The van der Waals surface area contributed by atoms with E-state index in [9.17, 15) is 0 Å². The van der Waals surface area contributed by atoms with Crippen molar-refractivity contribution in [2.45, 2.75) is 11.3 Å². The minimum absolute atomic E-state index is 0.811. The Balaban J connectivity index is 1.37. The van der Waals surface area contributed by atoms with Gasteiger partial charge < -0.3 is 10.6 Å². The van der Waals surface area contributed by atoms with E-state index in [1.165, 1.54) is 10.5 Å². The van der Waals surface area contributed by atoms with E-state index in [0.717, 1.165) is 36.9 Å². The first kappa shape index (κ1) is 19.0. The van der Waals surface area contributed by atoms with Gasteiger partial charge in [0.15, 0.2) is 5.96 Å². The van der Waals surface area contributed by atoms with Crippen LogP contribution in [0.1, 0.15) is 5.56 Å². The molecule has 6 heteroatoms. The van der Waals surface area contributed by atoms with Gasteiger partial charge in [-0.25, -0.2) is 4.68 Å². The third kappa shape index (κ3) is 6.18. The van der Waals surface area contributed by atoms with Crippen molar-refractivity contribution < 1.29 is 0 Å². The topological polar surface area (TPSA) is 54.2 Å². The first-order chi connectivity index (χ1) is 13.3. The van der Waals surface area contributed by atoms with Crippen molar-refractivity contribution in [3.05, 3.63) is 78.6 Å². The molecule has 0 fully saturated rings. The Morgan fingerprint density at radius 1 is 1.00 bits per heavy atom. The van der Waals surface area contributed by atoms with E-state index in [1.807, 2.05) is 59.0 Å². The third-order valence-corrected chi connectivity index (χ3v) is 5.01. The summed E-state index contributed by atoms with van der Waals surface area (Å²) in [5, 5.41) is 11.1. The monoisotopic (exact) mass is 379 g/mol. The Morgan fingerprint density at radius 2 is 1.70 bits per heavy atom. The molecule has 2 aromatic carbocycles. The highest BCUT2D eigenvalue weighted by molar-refractivity contribution is 7.99. The molecule has 1 heterocycles. The highest BCUT2D eigenvalue weighted by Gasteiger charge is 2.02. The summed E-state index contributed by atoms with van der Waals surface area (Å²) in [5.74, 6) is 1.83. The first-order valence-electron chi connectivity index (χ1n) is 9.06. The van der Waals surface area contributed by atoms with Crippen LogP contribution in [0.25, 0.3) is 5.69 Å². The molecule has 0 bridgehead atoms. The van der Waals surface area contributed by atoms with Gasteiger partial charge in [0.2, 0.25) is 0 Å². The van der Waals surface area contributed by atoms with Crippen molar-refractivity contribution in [1.29, 1.82) is 0 Å². The lowest BCUT2D eigenvalue weighted by molar-refractivity contribution is 0.811. The zero-order valence-electron chi connectivity index (χ0n) is 15.5. The lowest BCUT2D eigenvalue weighted by Gasteiger charge is -2.11. The summed E-state index contributed by atoms with van der Waals surface area (Å²) in [5.41, 5.74) is 2.27. The number of benzene rings is 2. The molecule has 3 rings (SSSR count). The van der Waals surface area contributed by atoms with E-state index in [-0.39, 0.29) is 0 Å². The number of rotatable bonds is 8. The normalized spacial score (nSPS) is 11.4. The van der Waals surface area contributed by atoms with Crippen LogP contribution in [0.15, 0.2) is 82.9 Å². The van der Waals surface area contributed by atoms with Gasteiger partial charge in [-0.3, -0.25) is 4.99 Å². The van der Waals surface area contributed by atoms with E-state index in [0.29, 0.717) is 0 Å². The number of para-hydroxylation sites is 1. The Hall–Kier alpha value is -2.73. The molecule has 0 amide bonds. The molecule has 0 radical (unpaired) electrons. The van der Waals surface area contributed by atoms with Crippen molar-refractivity contribution in [2.24, 2.45) is 4.99 Å². The Kier molecular flexibility index (Phi) is 7.35. The van der Waals surface area contributed by atoms with Crippen molar-refractivity contribution >= 4 is 17.7 Å². The second-order valence-corrected chi connectivity index (χ2v) is 7.13. The molecule has 0 saturated heterocycles. The number of nitrogens with one attached hydrogen (secondary N) is 2. The minimum atomic E-state index is 0.811. The molecule has 0 aliphatic carbocycles. The highest BCUT2D eigenvalue weighted by atomic mass is 32.2. The number of aliphatic imine (C=N–C) groups is 1. The number of thioether (sulfide) groups is 1. The molecule has 0 spiro atoms. The van der Waals surface area contributed by atoms with Crippen LogP contribution in [0.5, 0.6) is 0 Å². The van der Waals surface area contributed by atoms with E-state index in [4.69, 9.17) is 0 Å². The Bertz CT molecular complexity index is 830. The second-order valence-electron chi connectivity index (χ2n) is 5.97. The van der Waals surface area contributed by atoms with E-state index in [1.54, 1.807) is 7.05 Å². The van der Waals surface area contributed by atoms with Crippen LogP contribution in [0.2, 0.25) is 0 Å². The maximum absolute atomic E-state index is 4.43. The number of hydrogen-bond acceptors (Lipinski definition) is 3. The van der Waals surface area contributed by atoms with Crippen molar-refractivity contribution in [2.75, 3.05) is 25.9 Å². The van der Waals surface area contributed by atoms with Gasteiger partial charge in [0.1, 0.15) is 0 Å². The zero-order valence-corrected chi connectivity index (χ0v) is 16.3. The van der Waals surface area contributed by atoms with Crippen LogP contribution >= 0.6 is 11.8 Å². The average Bonchev–Trinajstić information content (AvgIpc) is 3.20. The molecule has 2 N–H and O–H groups in total. The van der Waals surface area contributed by atoms with Gasteiger partial charge in [-0.05, 0) is 36.2 Å². The highest BCUT2D eigenvalue weighted by Crippen LogP contribution is 2.15. The van der Waals surface area contributed by atoms with Crippen LogP contribution in [0.4, 0.5) is 0 Å². The molecule has 0 atom stereocenters. The fourth-order valence-electron chi connectivity index (χ4n) is 2.61. The predicted molar refractivity (Wildman–Crippen MR) is 114 cm³/mol. The lowest BCUT2D eigenvalue weighted by atomic mass is 10.2. The quantitative estimate of drug-likeness (QED) is 0.273. The molecule has 0 unspecified atom stereocenters. The summed E-state index contributed by atoms with van der Waals surface area (Å²) in [7, 11) is 1.80. The van der Waals surface area contributed by atoms with E-state index < -0.39 is 0 Å². The molecular formula is C21H25N5S. The smallest absolute Gasteiger partial charge is 0.191 e. The fraction of sp³-hybridized carbons (Fsp3) is 0.238.